The Morgan fingerprint density at radius 3 is 2.83 bits per heavy atom. The van der Waals surface area contributed by atoms with Gasteiger partial charge in [-0.2, -0.15) is 0 Å². The molecule has 0 saturated carbocycles. The van der Waals surface area contributed by atoms with E-state index < -0.39 is 0 Å². The molecule has 1 aliphatic heterocycles. The molecule has 96 valence electrons. The number of hydrogen-bond acceptors (Lipinski definition) is 2. The standard InChI is InChI=1S/C15H20N2O/c1-10-13-8-11(9-16)2-3-14(13)17-15(10)12-4-6-18-7-5-12/h2-3,8,12,17H,4-7,9,16H2,1H3. The van der Waals surface area contributed by atoms with Gasteiger partial charge in [0.1, 0.15) is 0 Å². The van der Waals surface area contributed by atoms with E-state index in [1.54, 1.807) is 0 Å². The zero-order chi connectivity index (χ0) is 12.5. The molecule has 0 radical (unpaired) electrons. The second-order valence-electron chi connectivity index (χ2n) is 5.13. The van der Waals surface area contributed by atoms with Crippen LogP contribution in [0.4, 0.5) is 0 Å². The van der Waals surface area contributed by atoms with Gasteiger partial charge in [0.15, 0.2) is 0 Å². The predicted octanol–water partition coefficient (Wildman–Crippen LogP) is 2.83. The van der Waals surface area contributed by atoms with E-state index in [4.69, 9.17) is 10.5 Å². The fourth-order valence-corrected chi connectivity index (χ4v) is 2.92. The summed E-state index contributed by atoms with van der Waals surface area (Å²) in [6.45, 7) is 4.58. The average molecular weight is 244 g/mol. The molecule has 2 aromatic rings. The minimum atomic E-state index is 0.604. The first-order valence-electron chi connectivity index (χ1n) is 6.68. The van der Waals surface area contributed by atoms with Crippen LogP contribution >= 0.6 is 0 Å². The molecule has 0 bridgehead atoms. The largest absolute Gasteiger partial charge is 0.381 e. The Kier molecular flexibility index (Phi) is 3.10. The van der Waals surface area contributed by atoms with Gasteiger partial charge >= 0.3 is 0 Å². The Bertz CT molecular complexity index is 553. The lowest BCUT2D eigenvalue weighted by molar-refractivity contribution is 0.0845. The molecule has 0 atom stereocenters. The number of ether oxygens (including phenoxy) is 1. The molecule has 3 rings (SSSR count). The molecular weight excluding hydrogens is 224 g/mol. The van der Waals surface area contributed by atoms with Crippen molar-refractivity contribution in [1.29, 1.82) is 0 Å². The molecule has 3 N–H and O–H groups in total. The SMILES string of the molecule is Cc1c(C2CCOCC2)[nH]c2ccc(CN)cc12. The molecule has 3 nitrogen and oxygen atoms in total. The van der Waals surface area contributed by atoms with Gasteiger partial charge in [0.05, 0.1) is 0 Å². The minimum Gasteiger partial charge on any atom is -0.381 e. The molecular formula is C15H20N2O. The van der Waals surface area contributed by atoms with Crippen molar-refractivity contribution in [2.45, 2.75) is 32.2 Å². The van der Waals surface area contributed by atoms with Crippen LogP contribution in [0.2, 0.25) is 0 Å². The normalized spacial score (nSPS) is 17.4. The summed E-state index contributed by atoms with van der Waals surface area (Å²) in [7, 11) is 0. The summed E-state index contributed by atoms with van der Waals surface area (Å²) < 4.78 is 5.44. The highest BCUT2D eigenvalue weighted by molar-refractivity contribution is 5.85. The number of aromatic amines is 1. The molecule has 0 amide bonds. The van der Waals surface area contributed by atoms with E-state index in [-0.39, 0.29) is 0 Å². The lowest BCUT2D eigenvalue weighted by Gasteiger charge is -2.21. The summed E-state index contributed by atoms with van der Waals surface area (Å²) >= 11 is 0. The quantitative estimate of drug-likeness (QED) is 0.853. The molecule has 1 aliphatic rings. The molecule has 0 unspecified atom stereocenters. The minimum absolute atomic E-state index is 0.604. The fourth-order valence-electron chi connectivity index (χ4n) is 2.92. The number of H-pyrrole nitrogens is 1. The Labute approximate surface area is 107 Å². The van der Waals surface area contributed by atoms with Crippen molar-refractivity contribution in [2.75, 3.05) is 13.2 Å². The molecule has 2 heterocycles. The summed E-state index contributed by atoms with van der Waals surface area (Å²) in [5.41, 5.74) is 10.9. The van der Waals surface area contributed by atoms with Crippen molar-refractivity contribution >= 4 is 10.9 Å². The molecule has 1 aromatic heterocycles. The average Bonchev–Trinajstić information content (AvgIpc) is 2.77. The zero-order valence-electron chi connectivity index (χ0n) is 10.8. The van der Waals surface area contributed by atoms with Gasteiger partial charge in [0.25, 0.3) is 0 Å². The topological polar surface area (TPSA) is 51.0 Å². The van der Waals surface area contributed by atoms with Gasteiger partial charge in [-0.15, -0.1) is 0 Å². The van der Waals surface area contributed by atoms with Gasteiger partial charge in [0.2, 0.25) is 0 Å². The third-order valence-corrected chi connectivity index (χ3v) is 4.03. The maximum Gasteiger partial charge on any atom is 0.0472 e. The number of aromatic nitrogens is 1. The second-order valence-corrected chi connectivity index (χ2v) is 5.13. The molecule has 1 saturated heterocycles. The fraction of sp³-hybridized carbons (Fsp3) is 0.467. The number of benzene rings is 1. The number of rotatable bonds is 2. The predicted molar refractivity (Wildman–Crippen MR) is 73.7 cm³/mol. The highest BCUT2D eigenvalue weighted by atomic mass is 16.5. The maximum atomic E-state index is 5.71. The van der Waals surface area contributed by atoms with E-state index in [0.717, 1.165) is 26.1 Å². The lowest BCUT2D eigenvalue weighted by Crippen LogP contribution is -2.14. The van der Waals surface area contributed by atoms with Crippen LogP contribution in [0.15, 0.2) is 18.2 Å². The smallest absolute Gasteiger partial charge is 0.0472 e. The molecule has 3 heteroatoms. The van der Waals surface area contributed by atoms with Crippen LogP contribution in [0.1, 0.15) is 35.6 Å². The van der Waals surface area contributed by atoms with Gasteiger partial charge in [-0.25, -0.2) is 0 Å². The van der Waals surface area contributed by atoms with Gasteiger partial charge in [-0.3, -0.25) is 0 Å². The Morgan fingerprint density at radius 1 is 1.33 bits per heavy atom. The number of nitrogens with one attached hydrogen (secondary N) is 1. The number of fused-ring (bicyclic) bond motifs is 1. The van der Waals surface area contributed by atoms with Crippen molar-refractivity contribution in [2.24, 2.45) is 5.73 Å². The van der Waals surface area contributed by atoms with Gasteiger partial charge in [0, 0.05) is 42.3 Å². The molecule has 1 fully saturated rings. The second kappa shape index (κ2) is 4.75. The summed E-state index contributed by atoms with van der Waals surface area (Å²) in [5.74, 6) is 0.618. The molecule has 18 heavy (non-hydrogen) atoms. The summed E-state index contributed by atoms with van der Waals surface area (Å²) in [5, 5.41) is 1.32. The monoisotopic (exact) mass is 244 g/mol. The first-order valence-corrected chi connectivity index (χ1v) is 6.68. The van der Waals surface area contributed by atoms with E-state index in [1.165, 1.54) is 27.7 Å². The Hall–Kier alpha value is -1.32. The third kappa shape index (κ3) is 1.93. The molecule has 0 spiro atoms. The van der Waals surface area contributed by atoms with E-state index >= 15 is 0 Å². The molecule has 1 aromatic carbocycles. The van der Waals surface area contributed by atoms with Gasteiger partial charge < -0.3 is 15.5 Å². The van der Waals surface area contributed by atoms with Crippen LogP contribution in [0.25, 0.3) is 10.9 Å². The van der Waals surface area contributed by atoms with Crippen LogP contribution in [0.3, 0.4) is 0 Å². The number of aryl methyl sites for hydroxylation is 1. The highest BCUT2D eigenvalue weighted by Crippen LogP contribution is 2.33. The summed E-state index contributed by atoms with van der Waals surface area (Å²) in [4.78, 5) is 3.59. The van der Waals surface area contributed by atoms with Crippen LogP contribution in [-0.2, 0) is 11.3 Å². The first-order chi connectivity index (χ1) is 8.79. The van der Waals surface area contributed by atoms with Crippen molar-refractivity contribution in [3.8, 4) is 0 Å². The number of hydrogen-bond donors (Lipinski definition) is 2. The van der Waals surface area contributed by atoms with Crippen molar-refractivity contribution in [3.63, 3.8) is 0 Å². The van der Waals surface area contributed by atoms with Crippen molar-refractivity contribution < 1.29 is 4.74 Å². The van der Waals surface area contributed by atoms with E-state index in [0.29, 0.717) is 12.5 Å². The van der Waals surface area contributed by atoms with Crippen LogP contribution < -0.4 is 5.73 Å². The van der Waals surface area contributed by atoms with Crippen LogP contribution in [-0.4, -0.2) is 18.2 Å². The van der Waals surface area contributed by atoms with Crippen LogP contribution in [0, 0.1) is 6.92 Å². The maximum absolute atomic E-state index is 5.71. The van der Waals surface area contributed by atoms with Gasteiger partial charge in [-0.05, 0) is 43.0 Å². The van der Waals surface area contributed by atoms with E-state index in [2.05, 4.69) is 30.1 Å². The van der Waals surface area contributed by atoms with E-state index in [1.807, 2.05) is 0 Å². The summed E-state index contributed by atoms with van der Waals surface area (Å²) in [6.07, 6.45) is 2.24. The highest BCUT2D eigenvalue weighted by Gasteiger charge is 2.20. The lowest BCUT2D eigenvalue weighted by atomic mass is 9.93. The zero-order valence-corrected chi connectivity index (χ0v) is 10.8. The Balaban J connectivity index is 2.04. The van der Waals surface area contributed by atoms with Crippen LogP contribution in [0.5, 0.6) is 0 Å². The summed E-state index contributed by atoms with van der Waals surface area (Å²) in [6, 6.07) is 6.46. The van der Waals surface area contributed by atoms with E-state index in [9.17, 15) is 0 Å². The first kappa shape index (κ1) is 11.8. The third-order valence-electron chi connectivity index (χ3n) is 4.03. The van der Waals surface area contributed by atoms with Gasteiger partial charge in [-0.1, -0.05) is 6.07 Å². The molecule has 0 aliphatic carbocycles. The van der Waals surface area contributed by atoms with Crippen molar-refractivity contribution in [3.05, 3.63) is 35.0 Å². The number of nitrogens with two attached hydrogens (primary N) is 1. The Morgan fingerprint density at radius 2 is 2.11 bits per heavy atom. The van der Waals surface area contributed by atoms with Crippen molar-refractivity contribution in [1.82, 2.24) is 4.98 Å².